The summed E-state index contributed by atoms with van der Waals surface area (Å²) in [5, 5.41) is 6.42. The lowest BCUT2D eigenvalue weighted by Crippen LogP contribution is -2.35. The third-order valence-electron chi connectivity index (χ3n) is 3.62. The molecule has 0 unspecified atom stereocenters. The van der Waals surface area contributed by atoms with Crippen molar-refractivity contribution in [3.63, 3.8) is 0 Å². The van der Waals surface area contributed by atoms with Crippen molar-refractivity contribution in [3.05, 3.63) is 41.8 Å². The Balaban J connectivity index is 1.69. The number of carbonyl (C=O) groups excluding carboxylic acids is 2. The normalized spacial score (nSPS) is 15.0. The second-order valence-corrected chi connectivity index (χ2v) is 5.33. The summed E-state index contributed by atoms with van der Waals surface area (Å²) in [7, 11) is 0. The lowest BCUT2D eigenvalue weighted by molar-refractivity contribution is -0.119. The molecular weight excluding hydrogens is 282 g/mol. The Kier molecular flexibility index (Phi) is 3.91. The number of nitrogens with one attached hydrogen (secondary N) is 1. The van der Waals surface area contributed by atoms with Gasteiger partial charge in [0.25, 0.3) is 5.91 Å². The van der Waals surface area contributed by atoms with E-state index in [1.807, 2.05) is 12.1 Å². The largest absolute Gasteiger partial charge is 0.361 e. The van der Waals surface area contributed by atoms with Gasteiger partial charge in [-0.2, -0.15) is 0 Å². The van der Waals surface area contributed by atoms with Crippen molar-refractivity contribution >= 4 is 23.2 Å². The first kappa shape index (κ1) is 14.3. The van der Waals surface area contributed by atoms with Crippen LogP contribution in [-0.4, -0.2) is 23.5 Å². The standard InChI is InChI=1S/C16H17N3O3/c1-11-10-14(18-22-11)16(21)17-12-5-7-13(8-6-12)19-9-3-2-4-15(19)20/h5-8,10H,2-4,9H2,1H3,(H,17,21). The molecule has 22 heavy (non-hydrogen) atoms. The van der Waals surface area contributed by atoms with Crippen LogP contribution in [0.15, 0.2) is 34.9 Å². The molecule has 6 heteroatoms. The Hall–Kier alpha value is -2.63. The maximum atomic E-state index is 12.0. The zero-order valence-electron chi connectivity index (χ0n) is 12.3. The lowest BCUT2D eigenvalue weighted by Gasteiger charge is -2.26. The highest BCUT2D eigenvalue weighted by molar-refractivity contribution is 6.03. The molecule has 0 saturated carbocycles. The van der Waals surface area contributed by atoms with Gasteiger partial charge in [-0.1, -0.05) is 5.16 Å². The highest BCUT2D eigenvalue weighted by Gasteiger charge is 2.19. The number of aryl methyl sites for hydroxylation is 1. The highest BCUT2D eigenvalue weighted by atomic mass is 16.5. The van der Waals surface area contributed by atoms with Gasteiger partial charge in [0.1, 0.15) is 5.76 Å². The minimum Gasteiger partial charge on any atom is -0.361 e. The number of amides is 2. The van der Waals surface area contributed by atoms with Crippen LogP contribution in [0.2, 0.25) is 0 Å². The summed E-state index contributed by atoms with van der Waals surface area (Å²) in [6.45, 7) is 2.48. The number of carbonyl (C=O) groups is 2. The maximum absolute atomic E-state index is 12.0. The first-order valence-electron chi connectivity index (χ1n) is 7.28. The number of hydrogen-bond acceptors (Lipinski definition) is 4. The van der Waals surface area contributed by atoms with E-state index in [0.717, 1.165) is 25.1 Å². The molecule has 2 amide bonds. The Morgan fingerprint density at radius 1 is 1.27 bits per heavy atom. The fourth-order valence-corrected chi connectivity index (χ4v) is 2.47. The van der Waals surface area contributed by atoms with Crippen molar-refractivity contribution in [2.75, 3.05) is 16.8 Å². The van der Waals surface area contributed by atoms with Crippen LogP contribution in [0.4, 0.5) is 11.4 Å². The minimum absolute atomic E-state index is 0.154. The molecule has 3 rings (SSSR count). The van der Waals surface area contributed by atoms with Gasteiger partial charge in [-0.05, 0) is 44.0 Å². The summed E-state index contributed by atoms with van der Waals surface area (Å²) >= 11 is 0. The predicted octanol–water partition coefficient (Wildman–Crippen LogP) is 2.75. The number of anilines is 2. The second kappa shape index (κ2) is 6.01. The van der Waals surface area contributed by atoms with Crippen molar-refractivity contribution in [1.82, 2.24) is 5.16 Å². The summed E-state index contributed by atoms with van der Waals surface area (Å²) in [6, 6.07) is 8.82. The lowest BCUT2D eigenvalue weighted by atomic mass is 10.1. The predicted molar refractivity (Wildman–Crippen MR) is 81.8 cm³/mol. The number of benzene rings is 1. The average Bonchev–Trinajstić information content (AvgIpc) is 2.95. The summed E-state index contributed by atoms with van der Waals surface area (Å²) in [6.07, 6.45) is 2.58. The maximum Gasteiger partial charge on any atom is 0.277 e. The van der Waals surface area contributed by atoms with Crippen molar-refractivity contribution in [2.24, 2.45) is 0 Å². The molecule has 1 aliphatic heterocycles. The monoisotopic (exact) mass is 299 g/mol. The highest BCUT2D eigenvalue weighted by Crippen LogP contribution is 2.22. The third-order valence-corrected chi connectivity index (χ3v) is 3.62. The molecule has 1 saturated heterocycles. The van der Waals surface area contributed by atoms with Gasteiger partial charge >= 0.3 is 0 Å². The van der Waals surface area contributed by atoms with Crippen LogP contribution in [0.25, 0.3) is 0 Å². The molecule has 1 aromatic carbocycles. The van der Waals surface area contributed by atoms with E-state index in [1.165, 1.54) is 0 Å². The molecule has 1 aliphatic rings. The van der Waals surface area contributed by atoms with E-state index in [2.05, 4.69) is 10.5 Å². The number of rotatable bonds is 3. The van der Waals surface area contributed by atoms with Gasteiger partial charge in [0.05, 0.1) is 0 Å². The number of nitrogens with zero attached hydrogens (tertiary/aromatic N) is 2. The van der Waals surface area contributed by atoms with Gasteiger partial charge in [0.15, 0.2) is 5.69 Å². The zero-order chi connectivity index (χ0) is 15.5. The topological polar surface area (TPSA) is 75.4 Å². The summed E-state index contributed by atoms with van der Waals surface area (Å²) in [4.78, 5) is 25.6. The van der Waals surface area contributed by atoms with E-state index in [9.17, 15) is 9.59 Å². The van der Waals surface area contributed by atoms with Gasteiger partial charge in [-0.3, -0.25) is 9.59 Å². The SMILES string of the molecule is Cc1cc(C(=O)Nc2ccc(N3CCCCC3=O)cc2)no1. The van der Waals surface area contributed by atoms with Crippen LogP contribution >= 0.6 is 0 Å². The van der Waals surface area contributed by atoms with E-state index in [4.69, 9.17) is 4.52 Å². The van der Waals surface area contributed by atoms with Crippen molar-refractivity contribution in [2.45, 2.75) is 26.2 Å². The van der Waals surface area contributed by atoms with Crippen LogP contribution in [0.5, 0.6) is 0 Å². The number of aromatic nitrogens is 1. The fourth-order valence-electron chi connectivity index (χ4n) is 2.47. The van der Waals surface area contributed by atoms with Gasteiger partial charge in [0, 0.05) is 30.4 Å². The van der Waals surface area contributed by atoms with E-state index in [-0.39, 0.29) is 17.5 Å². The molecular formula is C16H17N3O3. The van der Waals surface area contributed by atoms with E-state index in [1.54, 1.807) is 30.0 Å². The van der Waals surface area contributed by atoms with Crippen LogP contribution in [-0.2, 0) is 4.79 Å². The molecule has 0 aliphatic carbocycles. The molecule has 0 radical (unpaired) electrons. The molecule has 0 atom stereocenters. The molecule has 0 spiro atoms. The molecule has 1 aromatic heterocycles. The summed E-state index contributed by atoms with van der Waals surface area (Å²) in [5.41, 5.74) is 1.76. The van der Waals surface area contributed by atoms with Crippen molar-refractivity contribution in [1.29, 1.82) is 0 Å². The summed E-state index contributed by atoms with van der Waals surface area (Å²) < 4.78 is 4.88. The third kappa shape index (κ3) is 3.00. The Morgan fingerprint density at radius 3 is 2.68 bits per heavy atom. The second-order valence-electron chi connectivity index (χ2n) is 5.33. The molecule has 1 fully saturated rings. The summed E-state index contributed by atoms with van der Waals surface area (Å²) in [5.74, 6) is 0.420. The van der Waals surface area contributed by atoms with Gasteiger partial charge in [-0.25, -0.2) is 0 Å². The van der Waals surface area contributed by atoms with Crippen molar-refractivity contribution in [3.8, 4) is 0 Å². The van der Waals surface area contributed by atoms with Crippen LogP contribution < -0.4 is 10.2 Å². The van der Waals surface area contributed by atoms with Crippen molar-refractivity contribution < 1.29 is 14.1 Å². The smallest absolute Gasteiger partial charge is 0.277 e. The van der Waals surface area contributed by atoms with Gasteiger partial charge in [0.2, 0.25) is 5.91 Å². The zero-order valence-corrected chi connectivity index (χ0v) is 12.3. The van der Waals surface area contributed by atoms with Gasteiger partial charge in [-0.15, -0.1) is 0 Å². The first-order valence-corrected chi connectivity index (χ1v) is 7.28. The fraction of sp³-hybridized carbons (Fsp3) is 0.312. The molecule has 114 valence electrons. The van der Waals surface area contributed by atoms with Crippen LogP contribution in [0.3, 0.4) is 0 Å². The number of piperidine rings is 1. The van der Waals surface area contributed by atoms with Gasteiger partial charge < -0.3 is 14.7 Å². The van der Waals surface area contributed by atoms with E-state index >= 15 is 0 Å². The van der Waals surface area contributed by atoms with E-state index < -0.39 is 0 Å². The Morgan fingerprint density at radius 2 is 2.05 bits per heavy atom. The molecule has 1 N–H and O–H groups in total. The van der Waals surface area contributed by atoms with Crippen LogP contribution in [0.1, 0.15) is 35.5 Å². The molecule has 2 heterocycles. The quantitative estimate of drug-likeness (QED) is 0.945. The van der Waals surface area contributed by atoms with E-state index in [0.29, 0.717) is 17.9 Å². The first-order chi connectivity index (χ1) is 10.6. The number of hydrogen-bond donors (Lipinski definition) is 1. The minimum atomic E-state index is -0.321. The molecule has 0 bridgehead atoms. The average molecular weight is 299 g/mol. The Labute approximate surface area is 128 Å². The molecule has 2 aromatic rings. The van der Waals surface area contributed by atoms with Crippen LogP contribution in [0, 0.1) is 6.92 Å². The molecule has 6 nitrogen and oxygen atoms in total. The Bertz CT molecular complexity index is 691.